The van der Waals surface area contributed by atoms with Crippen LogP contribution in [-0.2, 0) is 6.18 Å². The van der Waals surface area contributed by atoms with Gasteiger partial charge in [0.2, 0.25) is 0 Å². The highest BCUT2D eigenvalue weighted by atomic mass is 32.1. The third kappa shape index (κ3) is 5.26. The van der Waals surface area contributed by atoms with Crippen LogP contribution in [0.1, 0.15) is 40.7 Å². The molecule has 0 aliphatic carbocycles. The van der Waals surface area contributed by atoms with Crippen LogP contribution in [0.2, 0.25) is 0 Å². The lowest BCUT2D eigenvalue weighted by Crippen LogP contribution is -2.36. The molecule has 8 heteroatoms. The summed E-state index contributed by atoms with van der Waals surface area (Å²) in [4.78, 5) is 14.5. The number of rotatable bonds is 3. The topological polar surface area (TPSA) is 44.4 Å². The highest BCUT2D eigenvalue weighted by molar-refractivity contribution is 7.80. The molecule has 2 N–H and O–H groups in total. The van der Waals surface area contributed by atoms with Crippen LogP contribution in [0.5, 0.6) is 0 Å². The quantitative estimate of drug-likeness (QED) is 0.675. The average Bonchev–Trinajstić information content (AvgIpc) is 2.68. The number of alkyl halides is 3. The largest absolute Gasteiger partial charge is 0.416 e. The van der Waals surface area contributed by atoms with Gasteiger partial charge in [-0.15, -0.1) is 0 Å². The fourth-order valence-electron chi connectivity index (χ4n) is 3.37. The molecule has 1 amide bonds. The van der Waals surface area contributed by atoms with E-state index in [-0.39, 0.29) is 10.8 Å². The van der Waals surface area contributed by atoms with Crippen molar-refractivity contribution >= 4 is 34.6 Å². The summed E-state index contributed by atoms with van der Waals surface area (Å²) in [5.41, 5.74) is 1.34. The molecule has 3 rings (SSSR count). The van der Waals surface area contributed by atoms with E-state index in [1.54, 1.807) is 25.1 Å². The number of nitrogens with zero attached hydrogens (tertiary/aromatic N) is 1. The van der Waals surface area contributed by atoms with E-state index in [1.807, 2.05) is 11.0 Å². The number of anilines is 2. The Morgan fingerprint density at radius 1 is 1.07 bits per heavy atom. The number of hydrogen-bond acceptors (Lipinski definition) is 3. The van der Waals surface area contributed by atoms with Crippen LogP contribution in [-0.4, -0.2) is 24.1 Å². The van der Waals surface area contributed by atoms with Gasteiger partial charge >= 0.3 is 6.18 Å². The van der Waals surface area contributed by atoms with Gasteiger partial charge in [-0.2, -0.15) is 13.2 Å². The average molecular weight is 421 g/mol. The van der Waals surface area contributed by atoms with Crippen LogP contribution in [0.25, 0.3) is 0 Å². The van der Waals surface area contributed by atoms with Crippen molar-refractivity contribution in [1.29, 1.82) is 0 Å². The maximum atomic E-state index is 13.2. The number of amides is 1. The number of piperidine rings is 1. The van der Waals surface area contributed by atoms with E-state index in [0.717, 1.165) is 50.0 Å². The van der Waals surface area contributed by atoms with Crippen molar-refractivity contribution in [1.82, 2.24) is 5.32 Å². The second-order valence-electron chi connectivity index (χ2n) is 7.00. The van der Waals surface area contributed by atoms with Gasteiger partial charge in [-0.05, 0) is 68.2 Å². The molecule has 2 aromatic carbocycles. The number of benzene rings is 2. The van der Waals surface area contributed by atoms with E-state index in [4.69, 9.17) is 12.2 Å². The molecule has 1 fully saturated rings. The summed E-state index contributed by atoms with van der Waals surface area (Å²) in [5.74, 6) is -0.410. The van der Waals surface area contributed by atoms with E-state index in [1.165, 1.54) is 6.07 Å². The van der Waals surface area contributed by atoms with E-state index in [0.29, 0.717) is 11.3 Å². The number of aryl methyl sites for hydroxylation is 1. The van der Waals surface area contributed by atoms with E-state index < -0.39 is 17.6 Å². The minimum atomic E-state index is -4.47. The second-order valence-corrected chi connectivity index (χ2v) is 7.41. The fraction of sp³-hybridized carbons (Fsp3) is 0.333. The van der Waals surface area contributed by atoms with E-state index >= 15 is 0 Å². The van der Waals surface area contributed by atoms with Crippen molar-refractivity contribution in [2.75, 3.05) is 23.3 Å². The zero-order valence-electron chi connectivity index (χ0n) is 16.0. The summed E-state index contributed by atoms with van der Waals surface area (Å²) in [6, 6.07) is 10.6. The third-order valence-corrected chi connectivity index (χ3v) is 5.09. The van der Waals surface area contributed by atoms with Crippen molar-refractivity contribution in [2.24, 2.45) is 0 Å². The normalized spacial score (nSPS) is 14.4. The van der Waals surface area contributed by atoms with Crippen LogP contribution < -0.4 is 15.5 Å². The number of hydrogen-bond donors (Lipinski definition) is 2. The van der Waals surface area contributed by atoms with Crippen molar-refractivity contribution in [3.63, 3.8) is 0 Å². The number of thiocarbonyl (C=S) groups is 1. The highest BCUT2D eigenvalue weighted by Crippen LogP contribution is 2.36. The Balaban J connectivity index is 1.82. The Labute approximate surface area is 173 Å². The van der Waals surface area contributed by atoms with Gasteiger partial charge < -0.3 is 10.2 Å². The molecule has 0 aromatic heterocycles. The number of carbonyl (C=O) groups is 1. The maximum absolute atomic E-state index is 13.2. The fourth-order valence-corrected chi connectivity index (χ4v) is 3.58. The van der Waals surface area contributed by atoms with Gasteiger partial charge in [0.25, 0.3) is 5.91 Å². The Bertz CT molecular complexity index is 908. The molecule has 2 aromatic rings. The molecule has 0 unspecified atom stereocenters. The maximum Gasteiger partial charge on any atom is 0.416 e. The summed E-state index contributed by atoms with van der Waals surface area (Å²) in [7, 11) is 0. The monoisotopic (exact) mass is 421 g/mol. The summed E-state index contributed by atoms with van der Waals surface area (Å²) in [6.07, 6.45) is -1.41. The van der Waals surface area contributed by atoms with Crippen molar-refractivity contribution < 1.29 is 18.0 Å². The smallest absolute Gasteiger partial charge is 0.370 e. The molecule has 4 nitrogen and oxygen atoms in total. The van der Waals surface area contributed by atoms with Gasteiger partial charge in [-0.3, -0.25) is 10.1 Å². The van der Waals surface area contributed by atoms with E-state index in [2.05, 4.69) is 10.6 Å². The third-order valence-electron chi connectivity index (χ3n) is 4.89. The standard InChI is InChI=1S/C21H22F3N3OS/c1-14-7-3-4-8-16(14)19(28)26-20(29)25-17-13-15(21(22,23)24)9-10-18(17)27-11-5-2-6-12-27/h3-4,7-10,13H,2,5-6,11-12H2,1H3,(H2,25,26,28,29). The van der Waals surface area contributed by atoms with Gasteiger partial charge in [0.15, 0.2) is 5.11 Å². The molecule has 154 valence electrons. The van der Waals surface area contributed by atoms with Crippen LogP contribution in [0, 0.1) is 6.92 Å². The van der Waals surface area contributed by atoms with Gasteiger partial charge in [0.05, 0.1) is 16.9 Å². The minimum absolute atomic E-state index is 0.0455. The molecule has 1 saturated heterocycles. The SMILES string of the molecule is Cc1ccccc1C(=O)NC(=S)Nc1cc(C(F)(F)F)ccc1N1CCCCC1. The Morgan fingerprint density at radius 2 is 1.76 bits per heavy atom. The first-order chi connectivity index (χ1) is 13.8. The van der Waals surface area contributed by atoms with Crippen LogP contribution in [0.15, 0.2) is 42.5 Å². The van der Waals surface area contributed by atoms with Crippen LogP contribution >= 0.6 is 12.2 Å². The summed E-state index contributed by atoms with van der Waals surface area (Å²) in [6.45, 7) is 3.33. The first-order valence-corrected chi connectivity index (χ1v) is 9.80. The summed E-state index contributed by atoms with van der Waals surface area (Å²) in [5, 5.41) is 5.31. The second kappa shape index (κ2) is 8.82. The van der Waals surface area contributed by atoms with Gasteiger partial charge in [-0.1, -0.05) is 18.2 Å². The molecule has 1 heterocycles. The van der Waals surface area contributed by atoms with Crippen molar-refractivity contribution in [3.05, 3.63) is 59.2 Å². The molecule has 1 aliphatic heterocycles. The number of nitrogens with one attached hydrogen (secondary N) is 2. The van der Waals surface area contributed by atoms with Crippen molar-refractivity contribution in [3.8, 4) is 0 Å². The number of halogens is 3. The molecule has 0 bridgehead atoms. The lowest BCUT2D eigenvalue weighted by molar-refractivity contribution is -0.137. The molecule has 0 saturated carbocycles. The minimum Gasteiger partial charge on any atom is -0.370 e. The lowest BCUT2D eigenvalue weighted by atomic mass is 10.1. The zero-order valence-corrected chi connectivity index (χ0v) is 16.8. The van der Waals surface area contributed by atoms with Gasteiger partial charge in [0, 0.05) is 18.7 Å². The van der Waals surface area contributed by atoms with Crippen LogP contribution in [0.4, 0.5) is 24.5 Å². The summed E-state index contributed by atoms with van der Waals surface area (Å²) < 4.78 is 39.6. The number of carbonyl (C=O) groups excluding carboxylic acids is 1. The molecule has 0 spiro atoms. The Hall–Kier alpha value is -2.61. The van der Waals surface area contributed by atoms with Crippen LogP contribution in [0.3, 0.4) is 0 Å². The predicted octanol–water partition coefficient (Wildman–Crippen LogP) is 5.13. The first-order valence-electron chi connectivity index (χ1n) is 9.40. The van der Waals surface area contributed by atoms with Crippen molar-refractivity contribution in [2.45, 2.75) is 32.4 Å². The van der Waals surface area contributed by atoms with E-state index in [9.17, 15) is 18.0 Å². The predicted molar refractivity (Wildman–Crippen MR) is 112 cm³/mol. The van der Waals surface area contributed by atoms with Gasteiger partial charge in [0.1, 0.15) is 0 Å². The molecular formula is C21H22F3N3OS. The molecule has 1 aliphatic rings. The highest BCUT2D eigenvalue weighted by Gasteiger charge is 2.31. The summed E-state index contributed by atoms with van der Waals surface area (Å²) >= 11 is 5.21. The molecule has 0 radical (unpaired) electrons. The molecule has 0 atom stereocenters. The molecule has 29 heavy (non-hydrogen) atoms. The Morgan fingerprint density at radius 3 is 2.41 bits per heavy atom. The van der Waals surface area contributed by atoms with Gasteiger partial charge in [-0.25, -0.2) is 0 Å². The first kappa shape index (κ1) is 21.1. The zero-order chi connectivity index (χ0) is 21.0. The Kier molecular flexibility index (Phi) is 6.42. The molecular weight excluding hydrogens is 399 g/mol. The lowest BCUT2D eigenvalue weighted by Gasteiger charge is -2.31.